The van der Waals surface area contributed by atoms with Crippen molar-refractivity contribution in [3.05, 3.63) is 70.9 Å². The molecule has 2 aliphatic heterocycles. The predicted octanol–water partition coefficient (Wildman–Crippen LogP) is 3.00. The Morgan fingerprint density at radius 3 is 2.29 bits per heavy atom. The number of carbonyl (C=O) groups is 4. The molecule has 3 aromatic rings. The predicted molar refractivity (Wildman–Crippen MR) is 141 cm³/mol. The summed E-state index contributed by atoms with van der Waals surface area (Å²) >= 11 is 0. The highest BCUT2D eigenvalue weighted by Crippen LogP contribution is 2.46. The van der Waals surface area contributed by atoms with E-state index in [4.69, 9.17) is 0 Å². The van der Waals surface area contributed by atoms with E-state index >= 15 is 0 Å². The van der Waals surface area contributed by atoms with Gasteiger partial charge in [-0.3, -0.25) is 14.4 Å². The molecule has 9 nitrogen and oxygen atoms in total. The molecule has 38 heavy (non-hydrogen) atoms. The minimum Gasteiger partial charge on any atom is -0.480 e. The van der Waals surface area contributed by atoms with E-state index in [1.165, 1.54) is 0 Å². The van der Waals surface area contributed by atoms with Crippen LogP contribution in [0.25, 0.3) is 10.9 Å². The number of benzene rings is 2. The monoisotopic (exact) mass is 516 g/mol. The molecule has 4 atom stereocenters. The van der Waals surface area contributed by atoms with Crippen molar-refractivity contribution in [1.82, 2.24) is 20.5 Å². The Morgan fingerprint density at radius 2 is 1.61 bits per heavy atom. The van der Waals surface area contributed by atoms with Crippen molar-refractivity contribution < 1.29 is 24.3 Å². The van der Waals surface area contributed by atoms with Gasteiger partial charge in [0.25, 0.3) is 5.91 Å². The highest BCUT2D eigenvalue weighted by molar-refractivity contribution is 6.04. The Labute approximate surface area is 220 Å². The first-order valence-corrected chi connectivity index (χ1v) is 12.9. The van der Waals surface area contributed by atoms with Gasteiger partial charge in [0.2, 0.25) is 11.8 Å². The number of hydrogen-bond donors (Lipinski definition) is 4. The van der Waals surface area contributed by atoms with Gasteiger partial charge in [0.05, 0.1) is 6.04 Å². The molecule has 0 bridgehead atoms. The van der Waals surface area contributed by atoms with E-state index in [1.807, 2.05) is 42.5 Å². The molecule has 2 aromatic carbocycles. The number of carboxylic acids is 1. The lowest BCUT2D eigenvalue weighted by Crippen LogP contribution is -2.59. The van der Waals surface area contributed by atoms with Gasteiger partial charge >= 0.3 is 5.97 Å². The van der Waals surface area contributed by atoms with Crippen LogP contribution < -0.4 is 10.6 Å². The Hall–Kier alpha value is -4.14. The van der Waals surface area contributed by atoms with Crippen LogP contribution in [-0.4, -0.2) is 56.8 Å². The third-order valence-corrected chi connectivity index (χ3v) is 7.63. The number of amides is 3. The van der Waals surface area contributed by atoms with Gasteiger partial charge in [0.1, 0.15) is 18.1 Å². The summed E-state index contributed by atoms with van der Waals surface area (Å²) in [6.07, 6.45) is 0.289. The SMILES string of the molecule is CC(C)[C@H](NC(=O)[C@H](NC(=O)[C@H]1Cc2c([nH]c3ccccc23)[C@@H]2c3ccccc3C(=O)N21)C(C)C)C(=O)O. The highest BCUT2D eigenvalue weighted by Gasteiger charge is 2.49. The number of nitrogens with one attached hydrogen (secondary N) is 3. The van der Waals surface area contributed by atoms with Gasteiger partial charge in [-0.15, -0.1) is 0 Å². The van der Waals surface area contributed by atoms with Gasteiger partial charge in [0.15, 0.2) is 0 Å². The Morgan fingerprint density at radius 1 is 0.947 bits per heavy atom. The second kappa shape index (κ2) is 9.63. The van der Waals surface area contributed by atoms with Gasteiger partial charge in [0, 0.05) is 28.6 Å². The fraction of sp³-hybridized carbons (Fsp3) is 0.379. The second-order valence-corrected chi connectivity index (χ2v) is 10.8. The van der Waals surface area contributed by atoms with E-state index in [-0.39, 0.29) is 24.2 Å². The molecule has 0 saturated carbocycles. The first-order valence-electron chi connectivity index (χ1n) is 12.9. The van der Waals surface area contributed by atoms with Crippen LogP contribution in [0.15, 0.2) is 48.5 Å². The molecule has 3 heterocycles. The summed E-state index contributed by atoms with van der Waals surface area (Å²) in [4.78, 5) is 57.4. The number of hydrogen-bond acceptors (Lipinski definition) is 4. The van der Waals surface area contributed by atoms with Crippen molar-refractivity contribution in [2.45, 2.75) is 58.3 Å². The molecule has 0 unspecified atom stereocenters. The lowest BCUT2D eigenvalue weighted by molar-refractivity contribution is -0.143. The quantitative estimate of drug-likeness (QED) is 0.383. The van der Waals surface area contributed by atoms with E-state index in [0.717, 1.165) is 27.7 Å². The fourth-order valence-corrected chi connectivity index (χ4v) is 5.68. The minimum atomic E-state index is -1.13. The number of rotatable bonds is 7. The van der Waals surface area contributed by atoms with Crippen molar-refractivity contribution in [1.29, 1.82) is 0 Å². The summed E-state index contributed by atoms with van der Waals surface area (Å²) in [5.74, 6) is -3.02. The fourth-order valence-electron chi connectivity index (χ4n) is 5.68. The number of para-hydroxylation sites is 1. The van der Waals surface area contributed by atoms with Crippen LogP contribution in [-0.2, 0) is 20.8 Å². The van der Waals surface area contributed by atoms with Gasteiger partial charge in [-0.25, -0.2) is 4.79 Å². The standard InChI is InChI=1S/C29H32N4O5/c1-14(2)22(27(35)32-23(15(3)4)29(37)38)31-26(34)21-13-19-16-9-7-8-12-20(16)30-24(19)25-17-10-5-6-11-18(17)28(36)33(21)25/h5-12,14-15,21-23,25,30H,13H2,1-4H3,(H,31,34)(H,32,35)(H,37,38)/t21-,22-,23+,25+/m1/s1. The normalized spacial score (nSPS) is 19.6. The van der Waals surface area contributed by atoms with Crippen molar-refractivity contribution in [2.24, 2.45) is 11.8 Å². The van der Waals surface area contributed by atoms with Crippen LogP contribution in [0.5, 0.6) is 0 Å². The summed E-state index contributed by atoms with van der Waals surface area (Å²) in [5, 5.41) is 15.9. The van der Waals surface area contributed by atoms with Gasteiger partial charge in [-0.2, -0.15) is 0 Å². The second-order valence-electron chi connectivity index (χ2n) is 10.8. The molecule has 3 amide bonds. The Bertz CT molecular complexity index is 1440. The molecule has 0 spiro atoms. The summed E-state index contributed by atoms with van der Waals surface area (Å²) in [7, 11) is 0. The number of aliphatic carboxylic acids is 1. The maximum atomic E-state index is 13.9. The molecular weight excluding hydrogens is 484 g/mol. The summed E-state index contributed by atoms with van der Waals surface area (Å²) in [6.45, 7) is 6.99. The number of aromatic nitrogens is 1. The number of aromatic amines is 1. The molecule has 0 fully saturated rings. The molecule has 1 aromatic heterocycles. The van der Waals surface area contributed by atoms with E-state index < -0.39 is 42.0 Å². The molecular formula is C29H32N4O5. The highest BCUT2D eigenvalue weighted by atomic mass is 16.4. The zero-order valence-electron chi connectivity index (χ0n) is 21.8. The van der Waals surface area contributed by atoms with Crippen molar-refractivity contribution >= 4 is 34.6 Å². The average Bonchev–Trinajstić information content (AvgIpc) is 3.40. The Balaban J connectivity index is 1.50. The Kier molecular flexibility index (Phi) is 6.46. The largest absolute Gasteiger partial charge is 0.480 e. The maximum Gasteiger partial charge on any atom is 0.326 e. The smallest absolute Gasteiger partial charge is 0.326 e. The van der Waals surface area contributed by atoms with Crippen LogP contribution in [0.4, 0.5) is 0 Å². The maximum absolute atomic E-state index is 13.9. The van der Waals surface area contributed by atoms with Crippen molar-refractivity contribution in [3.63, 3.8) is 0 Å². The molecule has 4 N–H and O–H groups in total. The van der Waals surface area contributed by atoms with E-state index in [0.29, 0.717) is 5.56 Å². The van der Waals surface area contributed by atoms with Gasteiger partial charge in [-0.05, 0) is 35.1 Å². The summed E-state index contributed by atoms with van der Waals surface area (Å²) < 4.78 is 0. The topological polar surface area (TPSA) is 132 Å². The van der Waals surface area contributed by atoms with E-state index in [9.17, 15) is 24.3 Å². The van der Waals surface area contributed by atoms with E-state index in [2.05, 4.69) is 15.6 Å². The average molecular weight is 517 g/mol. The van der Waals surface area contributed by atoms with Crippen LogP contribution >= 0.6 is 0 Å². The van der Waals surface area contributed by atoms with Crippen LogP contribution in [0.2, 0.25) is 0 Å². The van der Waals surface area contributed by atoms with Gasteiger partial charge < -0.3 is 25.6 Å². The van der Waals surface area contributed by atoms with Crippen molar-refractivity contribution in [3.8, 4) is 0 Å². The third-order valence-electron chi connectivity index (χ3n) is 7.63. The number of carboxylic acid groups (broad SMARTS) is 1. The summed E-state index contributed by atoms with van der Waals surface area (Å²) in [6, 6.07) is 11.9. The first-order chi connectivity index (χ1) is 18.1. The zero-order chi connectivity index (χ0) is 27.3. The molecule has 2 aliphatic rings. The lowest BCUT2D eigenvalue weighted by Gasteiger charge is -2.38. The van der Waals surface area contributed by atoms with Gasteiger partial charge in [-0.1, -0.05) is 64.1 Å². The molecule has 0 saturated heterocycles. The first kappa shape index (κ1) is 25.5. The third kappa shape index (κ3) is 4.12. The lowest BCUT2D eigenvalue weighted by atomic mass is 9.89. The van der Waals surface area contributed by atoms with Crippen LogP contribution in [0, 0.1) is 11.8 Å². The van der Waals surface area contributed by atoms with Crippen LogP contribution in [0.3, 0.4) is 0 Å². The number of fused-ring (bicyclic) bond motifs is 7. The zero-order valence-corrected chi connectivity index (χ0v) is 21.8. The summed E-state index contributed by atoms with van der Waals surface area (Å²) in [5.41, 5.74) is 4.20. The molecule has 5 rings (SSSR count). The minimum absolute atomic E-state index is 0.230. The molecule has 0 radical (unpaired) electrons. The van der Waals surface area contributed by atoms with E-state index in [1.54, 1.807) is 38.7 Å². The molecule has 0 aliphatic carbocycles. The number of H-pyrrole nitrogens is 1. The number of carbonyl (C=O) groups excluding carboxylic acids is 3. The van der Waals surface area contributed by atoms with Crippen LogP contribution in [0.1, 0.15) is 60.9 Å². The van der Waals surface area contributed by atoms with Crippen molar-refractivity contribution in [2.75, 3.05) is 0 Å². The number of nitrogens with zero attached hydrogens (tertiary/aromatic N) is 1. The molecule has 198 valence electrons. The molecule has 9 heteroatoms.